The van der Waals surface area contributed by atoms with Crippen LogP contribution in [0, 0.1) is 0 Å². The van der Waals surface area contributed by atoms with Crippen LogP contribution in [0.4, 0.5) is 0 Å². The third-order valence-electron chi connectivity index (χ3n) is 5.06. The molecule has 6 heteroatoms. The Bertz CT molecular complexity index is 941. The first-order valence-electron chi connectivity index (χ1n) is 9.83. The van der Waals surface area contributed by atoms with Gasteiger partial charge in [-0.25, -0.2) is 9.97 Å². The van der Waals surface area contributed by atoms with Gasteiger partial charge in [-0.1, -0.05) is 24.3 Å². The molecule has 0 unspecified atom stereocenters. The molecule has 0 aliphatic carbocycles. The van der Waals surface area contributed by atoms with Crippen LogP contribution in [-0.2, 0) is 0 Å². The van der Waals surface area contributed by atoms with Crippen LogP contribution in [0.5, 0.6) is 0 Å². The summed E-state index contributed by atoms with van der Waals surface area (Å²) in [6.45, 7) is 10.3. The lowest BCUT2D eigenvalue weighted by atomic mass is 10.1. The maximum atomic E-state index is 12.7. The highest BCUT2D eigenvalue weighted by molar-refractivity contribution is 6.06. The zero-order valence-electron chi connectivity index (χ0n) is 16.9. The summed E-state index contributed by atoms with van der Waals surface area (Å²) in [4.78, 5) is 38.2. The largest absolute Gasteiger partial charge is 0.338 e. The van der Waals surface area contributed by atoms with E-state index in [0.29, 0.717) is 48.6 Å². The summed E-state index contributed by atoms with van der Waals surface area (Å²) in [5.74, 6) is -0.196. The van der Waals surface area contributed by atoms with Gasteiger partial charge in [-0.05, 0) is 39.8 Å². The molecule has 28 heavy (non-hydrogen) atoms. The van der Waals surface area contributed by atoms with Gasteiger partial charge in [0.15, 0.2) is 0 Å². The molecule has 1 aromatic carbocycles. The van der Waals surface area contributed by atoms with Crippen LogP contribution >= 0.6 is 0 Å². The number of nitrogens with zero attached hydrogens (tertiary/aromatic N) is 4. The summed E-state index contributed by atoms with van der Waals surface area (Å²) in [5.41, 5.74) is 2.08. The van der Waals surface area contributed by atoms with E-state index in [0.717, 1.165) is 10.8 Å². The predicted octanol–water partition coefficient (Wildman–Crippen LogP) is 3.75. The van der Waals surface area contributed by atoms with Gasteiger partial charge >= 0.3 is 0 Å². The second kappa shape index (κ2) is 8.33. The second-order valence-electron chi connectivity index (χ2n) is 6.56. The Balaban J connectivity index is 2.15. The average molecular weight is 378 g/mol. The zero-order valence-corrected chi connectivity index (χ0v) is 16.9. The van der Waals surface area contributed by atoms with Crippen molar-refractivity contribution in [2.75, 3.05) is 26.2 Å². The Hall–Kier alpha value is -3.02. The number of fused-ring (bicyclic) bond motifs is 3. The summed E-state index contributed by atoms with van der Waals surface area (Å²) in [5, 5.41) is 1.78. The minimum absolute atomic E-state index is 0.0979. The Kier molecular flexibility index (Phi) is 5.87. The molecule has 0 spiro atoms. The van der Waals surface area contributed by atoms with Gasteiger partial charge in [0.05, 0.1) is 11.0 Å². The fourth-order valence-electron chi connectivity index (χ4n) is 3.35. The number of rotatable bonds is 6. The van der Waals surface area contributed by atoms with Crippen molar-refractivity contribution in [3.05, 3.63) is 47.8 Å². The van der Waals surface area contributed by atoms with Crippen LogP contribution in [0.2, 0.25) is 0 Å². The zero-order chi connectivity index (χ0) is 20.3. The third kappa shape index (κ3) is 3.54. The SMILES string of the molecule is CCN(CC)C(=O)c1ccc2ccc3ccc(C(=O)N(CC)CC)nc3c2n1. The van der Waals surface area contributed by atoms with Crippen molar-refractivity contribution >= 4 is 33.6 Å². The molecule has 3 rings (SSSR count). The molecule has 0 aliphatic rings. The van der Waals surface area contributed by atoms with Gasteiger partial charge in [0.25, 0.3) is 11.8 Å². The fourth-order valence-corrected chi connectivity index (χ4v) is 3.35. The first-order valence-corrected chi connectivity index (χ1v) is 9.83. The van der Waals surface area contributed by atoms with E-state index in [2.05, 4.69) is 9.97 Å². The predicted molar refractivity (Wildman–Crippen MR) is 112 cm³/mol. The molecule has 0 bridgehead atoms. The van der Waals surface area contributed by atoms with Crippen LogP contribution in [0.3, 0.4) is 0 Å². The lowest BCUT2D eigenvalue weighted by Crippen LogP contribution is -2.31. The van der Waals surface area contributed by atoms with Crippen molar-refractivity contribution in [3.8, 4) is 0 Å². The molecule has 2 heterocycles. The topological polar surface area (TPSA) is 66.4 Å². The van der Waals surface area contributed by atoms with Crippen LogP contribution in [0.1, 0.15) is 48.7 Å². The molecule has 2 amide bonds. The molecule has 0 aliphatic heterocycles. The highest BCUT2D eigenvalue weighted by Crippen LogP contribution is 2.24. The Morgan fingerprint density at radius 2 is 0.964 bits per heavy atom. The summed E-state index contributed by atoms with van der Waals surface area (Å²) >= 11 is 0. The Morgan fingerprint density at radius 3 is 1.29 bits per heavy atom. The van der Waals surface area contributed by atoms with Crippen molar-refractivity contribution in [2.45, 2.75) is 27.7 Å². The number of amides is 2. The quantitative estimate of drug-likeness (QED) is 0.613. The van der Waals surface area contributed by atoms with Gasteiger partial charge < -0.3 is 9.80 Å². The van der Waals surface area contributed by atoms with Crippen molar-refractivity contribution in [3.63, 3.8) is 0 Å². The van der Waals surface area contributed by atoms with E-state index in [1.165, 1.54) is 0 Å². The Morgan fingerprint density at radius 1 is 0.643 bits per heavy atom. The van der Waals surface area contributed by atoms with Crippen molar-refractivity contribution in [1.82, 2.24) is 19.8 Å². The average Bonchev–Trinajstić information content (AvgIpc) is 2.74. The van der Waals surface area contributed by atoms with Gasteiger partial charge in [0.2, 0.25) is 0 Å². The molecule has 3 aromatic rings. The fraction of sp³-hybridized carbons (Fsp3) is 0.364. The lowest BCUT2D eigenvalue weighted by Gasteiger charge is -2.19. The van der Waals surface area contributed by atoms with E-state index in [-0.39, 0.29) is 11.8 Å². The summed E-state index contributed by atoms with van der Waals surface area (Å²) in [6, 6.07) is 11.2. The molecule has 0 N–H and O–H groups in total. The maximum absolute atomic E-state index is 12.7. The normalized spacial score (nSPS) is 11.0. The highest BCUT2D eigenvalue weighted by atomic mass is 16.2. The number of aromatic nitrogens is 2. The van der Waals surface area contributed by atoms with Crippen molar-refractivity contribution in [1.29, 1.82) is 0 Å². The highest BCUT2D eigenvalue weighted by Gasteiger charge is 2.17. The van der Waals surface area contributed by atoms with Gasteiger partial charge in [-0.3, -0.25) is 9.59 Å². The van der Waals surface area contributed by atoms with E-state index >= 15 is 0 Å². The van der Waals surface area contributed by atoms with Crippen molar-refractivity contribution < 1.29 is 9.59 Å². The van der Waals surface area contributed by atoms with Gasteiger partial charge in [-0.15, -0.1) is 0 Å². The molecular weight excluding hydrogens is 352 g/mol. The molecule has 0 saturated heterocycles. The Labute approximate surface area is 165 Å². The van der Waals surface area contributed by atoms with Gasteiger partial charge in [-0.2, -0.15) is 0 Å². The van der Waals surface area contributed by atoms with E-state index in [1.54, 1.807) is 21.9 Å². The third-order valence-corrected chi connectivity index (χ3v) is 5.06. The molecule has 0 radical (unpaired) electrons. The number of carbonyl (C=O) groups is 2. The number of hydrogen-bond donors (Lipinski definition) is 0. The first kappa shape index (κ1) is 19.7. The maximum Gasteiger partial charge on any atom is 0.272 e. The minimum atomic E-state index is -0.0979. The molecule has 0 fully saturated rings. The van der Waals surface area contributed by atoms with Crippen LogP contribution in [-0.4, -0.2) is 57.8 Å². The van der Waals surface area contributed by atoms with Crippen LogP contribution in [0.25, 0.3) is 21.8 Å². The van der Waals surface area contributed by atoms with Gasteiger partial charge in [0.1, 0.15) is 11.4 Å². The van der Waals surface area contributed by atoms with E-state index < -0.39 is 0 Å². The summed E-state index contributed by atoms with van der Waals surface area (Å²) in [6.07, 6.45) is 0. The summed E-state index contributed by atoms with van der Waals surface area (Å²) in [7, 11) is 0. The number of carbonyl (C=O) groups excluding carboxylic acids is 2. The van der Waals surface area contributed by atoms with E-state index in [1.807, 2.05) is 52.0 Å². The standard InChI is InChI=1S/C22H26N4O2/c1-5-25(6-2)21(27)17-13-11-15-9-10-16-12-14-18(22(28)26(7-3)8-4)24-20(16)19(15)23-17/h9-14H,5-8H2,1-4H3. The van der Waals surface area contributed by atoms with Crippen LogP contribution in [0.15, 0.2) is 36.4 Å². The van der Waals surface area contributed by atoms with E-state index in [4.69, 9.17) is 0 Å². The molecule has 146 valence electrons. The molecule has 2 aromatic heterocycles. The monoisotopic (exact) mass is 378 g/mol. The van der Waals surface area contributed by atoms with Crippen molar-refractivity contribution in [2.24, 2.45) is 0 Å². The first-order chi connectivity index (χ1) is 13.5. The smallest absolute Gasteiger partial charge is 0.272 e. The van der Waals surface area contributed by atoms with Gasteiger partial charge in [0, 0.05) is 37.0 Å². The van der Waals surface area contributed by atoms with E-state index in [9.17, 15) is 9.59 Å². The van der Waals surface area contributed by atoms with Crippen LogP contribution < -0.4 is 0 Å². The number of hydrogen-bond acceptors (Lipinski definition) is 4. The minimum Gasteiger partial charge on any atom is -0.338 e. The second-order valence-corrected chi connectivity index (χ2v) is 6.56. The molecule has 0 atom stereocenters. The number of benzene rings is 1. The molecular formula is C22H26N4O2. The number of pyridine rings is 2. The molecule has 0 saturated carbocycles. The molecule has 6 nitrogen and oxygen atoms in total. The summed E-state index contributed by atoms with van der Waals surface area (Å²) < 4.78 is 0. The lowest BCUT2D eigenvalue weighted by molar-refractivity contribution is 0.0759.